The Bertz CT molecular complexity index is 642. The molecule has 0 aliphatic heterocycles. The van der Waals surface area contributed by atoms with Crippen LogP contribution in [0.2, 0.25) is 0 Å². The van der Waals surface area contributed by atoms with Crippen molar-refractivity contribution in [3.63, 3.8) is 0 Å². The van der Waals surface area contributed by atoms with Gasteiger partial charge in [0.25, 0.3) is 0 Å². The number of benzene rings is 2. The summed E-state index contributed by atoms with van der Waals surface area (Å²) in [5.74, 6) is 0.368. The first kappa shape index (κ1) is 14.4. The average molecular weight is 285 g/mol. The summed E-state index contributed by atoms with van der Waals surface area (Å²) in [6.45, 7) is 0.342. The molecule has 2 rings (SSSR count). The lowest BCUT2D eigenvalue weighted by molar-refractivity contribution is 0.249. The van der Waals surface area contributed by atoms with Crippen molar-refractivity contribution in [2.45, 2.75) is 6.61 Å². The van der Waals surface area contributed by atoms with Gasteiger partial charge >= 0.3 is 6.03 Å². The van der Waals surface area contributed by atoms with Crippen molar-refractivity contribution in [3.8, 4) is 11.5 Å². The molecule has 21 heavy (non-hydrogen) atoms. The molecule has 0 spiro atoms. The van der Waals surface area contributed by atoms with E-state index in [9.17, 15) is 9.90 Å². The summed E-state index contributed by atoms with van der Waals surface area (Å²) in [4.78, 5) is 10.5. The van der Waals surface area contributed by atoms with Crippen LogP contribution < -0.4 is 15.9 Å². The molecule has 0 aliphatic carbocycles. The number of amides is 2. The minimum Gasteiger partial charge on any atom is -0.504 e. The van der Waals surface area contributed by atoms with Crippen LogP contribution in [-0.2, 0) is 6.61 Å². The summed E-state index contributed by atoms with van der Waals surface area (Å²) in [5.41, 5.74) is 8.63. The number of primary amides is 1. The monoisotopic (exact) mass is 285 g/mol. The highest BCUT2D eigenvalue weighted by Crippen LogP contribution is 2.27. The Kier molecular flexibility index (Phi) is 4.76. The van der Waals surface area contributed by atoms with Crippen molar-refractivity contribution in [3.05, 3.63) is 59.7 Å². The topological polar surface area (TPSA) is 96.9 Å². The molecule has 0 saturated heterocycles. The van der Waals surface area contributed by atoms with E-state index in [2.05, 4.69) is 10.5 Å². The number of hydrazone groups is 1. The zero-order valence-corrected chi connectivity index (χ0v) is 11.2. The van der Waals surface area contributed by atoms with Crippen LogP contribution in [0.25, 0.3) is 0 Å². The number of hydrogen-bond donors (Lipinski definition) is 3. The number of carbonyl (C=O) groups is 1. The molecule has 0 fully saturated rings. The fraction of sp³-hybridized carbons (Fsp3) is 0.0667. The van der Waals surface area contributed by atoms with Crippen LogP contribution in [0, 0.1) is 0 Å². The number of urea groups is 1. The van der Waals surface area contributed by atoms with Gasteiger partial charge in [-0.25, -0.2) is 10.2 Å². The van der Waals surface area contributed by atoms with E-state index in [0.717, 1.165) is 5.56 Å². The Morgan fingerprint density at radius 1 is 1.29 bits per heavy atom. The van der Waals surface area contributed by atoms with E-state index in [1.165, 1.54) is 12.3 Å². The van der Waals surface area contributed by atoms with Crippen molar-refractivity contribution < 1.29 is 14.6 Å². The molecule has 6 nitrogen and oxygen atoms in total. The van der Waals surface area contributed by atoms with Crippen molar-refractivity contribution in [1.82, 2.24) is 5.43 Å². The van der Waals surface area contributed by atoms with Crippen molar-refractivity contribution in [1.29, 1.82) is 0 Å². The first-order valence-corrected chi connectivity index (χ1v) is 6.23. The minimum absolute atomic E-state index is 0.0333. The smallest absolute Gasteiger partial charge is 0.332 e. The highest BCUT2D eigenvalue weighted by molar-refractivity contribution is 5.82. The molecule has 6 heteroatoms. The molecular formula is C15H15N3O3. The number of nitrogens with one attached hydrogen (secondary N) is 1. The van der Waals surface area contributed by atoms with Crippen molar-refractivity contribution in [2.75, 3.05) is 0 Å². The SMILES string of the molecule is NC(=O)NN=Cc1ccc(O)c(OCc2ccccc2)c1. The molecule has 0 saturated carbocycles. The number of phenols is 1. The number of hydrogen-bond acceptors (Lipinski definition) is 4. The molecule has 0 unspecified atom stereocenters. The Hall–Kier alpha value is -3.02. The van der Waals surface area contributed by atoms with Crippen LogP contribution in [0.1, 0.15) is 11.1 Å². The van der Waals surface area contributed by atoms with Crippen molar-refractivity contribution in [2.24, 2.45) is 10.8 Å². The van der Waals surface area contributed by atoms with Gasteiger partial charge in [-0.05, 0) is 29.3 Å². The van der Waals surface area contributed by atoms with Gasteiger partial charge in [0.05, 0.1) is 6.21 Å². The predicted molar refractivity (Wildman–Crippen MR) is 79.2 cm³/mol. The summed E-state index contributed by atoms with van der Waals surface area (Å²) in [6.07, 6.45) is 1.40. The molecule has 0 aliphatic rings. The lowest BCUT2D eigenvalue weighted by Crippen LogP contribution is -2.24. The number of nitrogens with two attached hydrogens (primary N) is 1. The summed E-state index contributed by atoms with van der Waals surface area (Å²) in [7, 11) is 0. The molecule has 108 valence electrons. The molecule has 0 heterocycles. The third-order valence-electron chi connectivity index (χ3n) is 2.61. The summed E-state index contributed by atoms with van der Waals surface area (Å²) >= 11 is 0. The predicted octanol–water partition coefficient (Wildman–Crippen LogP) is 1.97. The largest absolute Gasteiger partial charge is 0.504 e. The Balaban J connectivity index is 2.05. The standard InChI is InChI=1S/C15H15N3O3/c16-15(20)18-17-9-12-6-7-13(19)14(8-12)21-10-11-4-2-1-3-5-11/h1-9,19H,10H2,(H3,16,18,20). The van der Waals surface area contributed by atoms with Gasteiger partial charge in [-0.3, -0.25) is 0 Å². The van der Waals surface area contributed by atoms with Gasteiger partial charge in [0.1, 0.15) is 6.61 Å². The molecule has 2 aromatic rings. The average Bonchev–Trinajstić information content (AvgIpc) is 2.48. The first-order chi connectivity index (χ1) is 10.1. The number of nitrogens with zero attached hydrogens (tertiary/aromatic N) is 1. The van der Waals surface area contributed by atoms with Gasteiger partial charge in [-0.2, -0.15) is 5.10 Å². The van der Waals surface area contributed by atoms with Gasteiger partial charge in [-0.15, -0.1) is 0 Å². The maximum atomic E-state index is 10.5. The van der Waals surface area contributed by atoms with Gasteiger partial charge in [0.2, 0.25) is 0 Å². The zero-order chi connectivity index (χ0) is 15.1. The first-order valence-electron chi connectivity index (χ1n) is 6.23. The summed E-state index contributed by atoms with van der Waals surface area (Å²) in [5, 5.41) is 13.4. The quantitative estimate of drug-likeness (QED) is 0.578. The van der Waals surface area contributed by atoms with E-state index in [1.807, 2.05) is 30.3 Å². The van der Waals surface area contributed by atoms with E-state index in [-0.39, 0.29) is 5.75 Å². The van der Waals surface area contributed by atoms with Crippen LogP contribution >= 0.6 is 0 Å². The highest BCUT2D eigenvalue weighted by Gasteiger charge is 2.04. The third-order valence-corrected chi connectivity index (χ3v) is 2.61. The second kappa shape index (κ2) is 6.95. The Morgan fingerprint density at radius 2 is 2.05 bits per heavy atom. The van der Waals surface area contributed by atoms with Gasteiger partial charge in [-0.1, -0.05) is 30.3 Å². The number of phenolic OH excluding ortho intramolecular Hbond substituents is 1. The van der Waals surface area contributed by atoms with Crippen LogP contribution in [0.3, 0.4) is 0 Å². The zero-order valence-electron chi connectivity index (χ0n) is 11.2. The Morgan fingerprint density at radius 3 is 2.76 bits per heavy atom. The summed E-state index contributed by atoms with van der Waals surface area (Å²) < 4.78 is 5.57. The second-order valence-electron chi connectivity index (χ2n) is 4.24. The second-order valence-corrected chi connectivity index (χ2v) is 4.24. The fourth-order valence-corrected chi connectivity index (χ4v) is 1.63. The van der Waals surface area contributed by atoms with Gasteiger partial charge in [0.15, 0.2) is 11.5 Å². The van der Waals surface area contributed by atoms with Crippen LogP contribution in [-0.4, -0.2) is 17.4 Å². The maximum absolute atomic E-state index is 10.5. The van der Waals surface area contributed by atoms with Crippen molar-refractivity contribution >= 4 is 12.2 Å². The lowest BCUT2D eigenvalue weighted by Gasteiger charge is -2.08. The normalized spacial score (nSPS) is 10.5. The van der Waals surface area contributed by atoms with E-state index in [1.54, 1.807) is 12.1 Å². The Labute approximate surface area is 121 Å². The molecular weight excluding hydrogens is 270 g/mol. The van der Waals surface area contributed by atoms with Gasteiger partial charge in [0, 0.05) is 0 Å². The van der Waals surface area contributed by atoms with Crippen LogP contribution in [0.5, 0.6) is 11.5 Å². The summed E-state index contributed by atoms with van der Waals surface area (Å²) in [6, 6.07) is 13.6. The lowest BCUT2D eigenvalue weighted by atomic mass is 10.2. The maximum Gasteiger partial charge on any atom is 0.332 e. The molecule has 2 amide bonds. The molecule has 4 N–H and O–H groups in total. The number of aromatic hydroxyl groups is 1. The molecule has 0 bridgehead atoms. The molecule has 0 aromatic heterocycles. The van der Waals surface area contributed by atoms with Crippen LogP contribution in [0.4, 0.5) is 4.79 Å². The van der Waals surface area contributed by atoms with Crippen LogP contribution in [0.15, 0.2) is 53.6 Å². The fourth-order valence-electron chi connectivity index (χ4n) is 1.63. The van der Waals surface area contributed by atoms with E-state index in [0.29, 0.717) is 17.9 Å². The minimum atomic E-state index is -0.745. The molecule has 0 atom stereocenters. The van der Waals surface area contributed by atoms with E-state index < -0.39 is 6.03 Å². The van der Waals surface area contributed by atoms with E-state index >= 15 is 0 Å². The number of rotatable bonds is 5. The van der Waals surface area contributed by atoms with Gasteiger partial charge < -0.3 is 15.6 Å². The number of ether oxygens (including phenoxy) is 1. The van der Waals surface area contributed by atoms with E-state index in [4.69, 9.17) is 10.5 Å². The molecule has 0 radical (unpaired) electrons. The highest BCUT2D eigenvalue weighted by atomic mass is 16.5. The number of carbonyl (C=O) groups excluding carboxylic acids is 1. The third kappa shape index (κ3) is 4.54. The molecule has 2 aromatic carbocycles.